The van der Waals surface area contributed by atoms with E-state index in [-0.39, 0.29) is 0 Å². The van der Waals surface area contributed by atoms with Gasteiger partial charge in [-0.3, -0.25) is 0 Å². The molecular weight excluding hydrogens is 316 g/mol. The third-order valence-corrected chi connectivity index (χ3v) is 4.33. The van der Waals surface area contributed by atoms with Crippen molar-refractivity contribution in [3.8, 4) is 22.5 Å². The van der Waals surface area contributed by atoms with Gasteiger partial charge in [0.1, 0.15) is 0 Å². The van der Waals surface area contributed by atoms with Crippen LogP contribution in [0.1, 0.15) is 5.56 Å². The molecule has 4 aromatic rings. The van der Waals surface area contributed by atoms with Gasteiger partial charge in [-0.1, -0.05) is 48.0 Å². The van der Waals surface area contributed by atoms with E-state index < -0.39 is 0 Å². The van der Waals surface area contributed by atoms with Crippen molar-refractivity contribution in [2.75, 3.05) is 0 Å². The number of benzene rings is 3. The van der Waals surface area contributed by atoms with Gasteiger partial charge in [-0.2, -0.15) is 0 Å². The van der Waals surface area contributed by atoms with Crippen LogP contribution in [0, 0.1) is 6.92 Å². The summed E-state index contributed by atoms with van der Waals surface area (Å²) in [4.78, 5) is 8.69. The van der Waals surface area contributed by atoms with Gasteiger partial charge in [0.25, 0.3) is 0 Å². The number of aryl methyl sites for hydroxylation is 1. The predicted molar refractivity (Wildman–Crippen MR) is 100 cm³/mol. The molecule has 0 aliphatic carbocycles. The lowest BCUT2D eigenvalue weighted by molar-refractivity contribution is 1.18. The summed E-state index contributed by atoms with van der Waals surface area (Å²) in [5.41, 5.74) is 4.62. The van der Waals surface area contributed by atoms with E-state index in [4.69, 9.17) is 11.6 Å². The molecule has 3 aromatic carbocycles. The maximum Gasteiger partial charge on any atom is 0.159 e. The van der Waals surface area contributed by atoms with Crippen LogP contribution < -0.4 is 0 Å². The maximum absolute atomic E-state index is 6.02. The zero-order valence-electron chi connectivity index (χ0n) is 13.2. The first-order chi connectivity index (χ1) is 11.7. The second kappa shape index (κ2) is 6.06. The Morgan fingerprint density at radius 2 is 1.50 bits per heavy atom. The van der Waals surface area contributed by atoms with Crippen molar-refractivity contribution in [2.45, 2.75) is 6.92 Å². The van der Waals surface area contributed by atoms with Crippen LogP contribution in [0.25, 0.3) is 33.3 Å². The topological polar surface area (TPSA) is 25.8 Å². The van der Waals surface area contributed by atoms with Gasteiger partial charge in [0.15, 0.2) is 5.82 Å². The highest BCUT2D eigenvalue weighted by Crippen LogP contribution is 2.32. The van der Waals surface area contributed by atoms with E-state index in [0.717, 1.165) is 22.0 Å². The Morgan fingerprint density at radius 1 is 0.792 bits per heavy atom. The first kappa shape index (κ1) is 14.9. The van der Waals surface area contributed by atoms with Crippen LogP contribution in [0.4, 0.5) is 0 Å². The SMILES string of the molecule is Cc1cc(-c2ccc(Cl)cc2)c2ccc(-c3ncccn3)cc2c1. The van der Waals surface area contributed by atoms with Crippen LogP contribution in [-0.4, -0.2) is 9.97 Å². The van der Waals surface area contributed by atoms with Gasteiger partial charge in [0, 0.05) is 23.0 Å². The number of hydrogen-bond acceptors (Lipinski definition) is 2. The zero-order valence-corrected chi connectivity index (χ0v) is 14.0. The fourth-order valence-corrected chi connectivity index (χ4v) is 3.10. The third-order valence-electron chi connectivity index (χ3n) is 4.08. The largest absolute Gasteiger partial charge is 0.237 e. The summed E-state index contributed by atoms with van der Waals surface area (Å²) < 4.78 is 0. The Balaban J connectivity index is 1.92. The van der Waals surface area contributed by atoms with Crippen LogP contribution in [0.15, 0.2) is 73.1 Å². The standard InChI is InChI=1S/C21H15ClN2/c1-14-11-17-13-16(21-23-9-2-10-24-21)5-8-19(17)20(12-14)15-3-6-18(22)7-4-15/h2-13H,1H3. The first-order valence-electron chi connectivity index (χ1n) is 7.78. The molecule has 0 unspecified atom stereocenters. The highest BCUT2D eigenvalue weighted by atomic mass is 35.5. The quantitative estimate of drug-likeness (QED) is 0.455. The van der Waals surface area contributed by atoms with Crippen molar-refractivity contribution >= 4 is 22.4 Å². The minimum Gasteiger partial charge on any atom is -0.237 e. The van der Waals surface area contributed by atoms with Crippen LogP contribution in [0.2, 0.25) is 5.02 Å². The van der Waals surface area contributed by atoms with Gasteiger partial charge in [-0.15, -0.1) is 0 Å². The molecule has 0 saturated carbocycles. The fourth-order valence-electron chi connectivity index (χ4n) is 2.98. The van der Waals surface area contributed by atoms with Crippen LogP contribution in [0.3, 0.4) is 0 Å². The van der Waals surface area contributed by atoms with Gasteiger partial charge in [-0.05, 0) is 58.7 Å². The summed E-state index contributed by atoms with van der Waals surface area (Å²) in [5, 5.41) is 3.15. The van der Waals surface area contributed by atoms with Crippen LogP contribution in [0.5, 0.6) is 0 Å². The number of nitrogens with zero attached hydrogens (tertiary/aromatic N) is 2. The Bertz CT molecular complexity index is 1010. The van der Waals surface area contributed by atoms with Gasteiger partial charge in [0.05, 0.1) is 0 Å². The van der Waals surface area contributed by atoms with Gasteiger partial charge < -0.3 is 0 Å². The lowest BCUT2D eigenvalue weighted by Crippen LogP contribution is -1.89. The Labute approximate surface area is 145 Å². The molecule has 3 heteroatoms. The molecule has 0 fully saturated rings. The smallest absolute Gasteiger partial charge is 0.159 e. The molecule has 0 saturated heterocycles. The molecule has 0 bridgehead atoms. The van der Waals surface area contributed by atoms with Gasteiger partial charge >= 0.3 is 0 Å². The maximum atomic E-state index is 6.02. The van der Waals surface area contributed by atoms with Crippen molar-refractivity contribution in [3.05, 3.63) is 83.6 Å². The van der Waals surface area contributed by atoms with E-state index >= 15 is 0 Å². The molecule has 0 amide bonds. The molecule has 1 heterocycles. The molecule has 0 N–H and O–H groups in total. The van der Waals surface area contributed by atoms with E-state index in [2.05, 4.69) is 59.4 Å². The number of fused-ring (bicyclic) bond motifs is 1. The van der Waals surface area contributed by atoms with Crippen molar-refractivity contribution in [1.29, 1.82) is 0 Å². The van der Waals surface area contributed by atoms with Crippen LogP contribution in [-0.2, 0) is 0 Å². The summed E-state index contributed by atoms with van der Waals surface area (Å²) in [5.74, 6) is 0.744. The lowest BCUT2D eigenvalue weighted by Gasteiger charge is -2.10. The molecular formula is C21H15ClN2. The summed E-state index contributed by atoms with van der Waals surface area (Å²) in [6.07, 6.45) is 3.53. The fraction of sp³-hybridized carbons (Fsp3) is 0.0476. The number of halogens is 1. The zero-order chi connectivity index (χ0) is 16.5. The van der Waals surface area contributed by atoms with Crippen molar-refractivity contribution in [1.82, 2.24) is 9.97 Å². The van der Waals surface area contributed by atoms with Crippen molar-refractivity contribution in [2.24, 2.45) is 0 Å². The lowest BCUT2D eigenvalue weighted by atomic mass is 9.95. The molecule has 0 spiro atoms. The van der Waals surface area contributed by atoms with Gasteiger partial charge in [0.2, 0.25) is 0 Å². The Morgan fingerprint density at radius 3 is 2.25 bits per heavy atom. The third kappa shape index (κ3) is 2.77. The van der Waals surface area contributed by atoms with E-state index in [9.17, 15) is 0 Å². The van der Waals surface area contributed by atoms with E-state index in [1.54, 1.807) is 12.4 Å². The second-order valence-corrected chi connectivity index (χ2v) is 6.26. The van der Waals surface area contributed by atoms with E-state index in [1.807, 2.05) is 18.2 Å². The molecule has 0 aliphatic heterocycles. The van der Waals surface area contributed by atoms with Crippen LogP contribution >= 0.6 is 11.6 Å². The summed E-state index contributed by atoms with van der Waals surface area (Å²) in [6.45, 7) is 2.12. The molecule has 2 nitrogen and oxygen atoms in total. The Kier molecular flexibility index (Phi) is 3.75. The predicted octanol–water partition coefficient (Wildman–Crippen LogP) is 5.93. The molecule has 116 valence electrons. The minimum atomic E-state index is 0.744. The van der Waals surface area contributed by atoms with Gasteiger partial charge in [-0.25, -0.2) is 9.97 Å². The summed E-state index contributed by atoms with van der Waals surface area (Å²) >= 11 is 6.02. The molecule has 1 aromatic heterocycles. The number of hydrogen-bond donors (Lipinski definition) is 0. The average molecular weight is 331 g/mol. The molecule has 0 radical (unpaired) electrons. The average Bonchev–Trinajstić information content (AvgIpc) is 2.62. The Hall–Kier alpha value is -2.71. The molecule has 24 heavy (non-hydrogen) atoms. The molecule has 4 rings (SSSR count). The minimum absolute atomic E-state index is 0.744. The molecule has 0 atom stereocenters. The highest BCUT2D eigenvalue weighted by Gasteiger charge is 2.08. The summed E-state index contributed by atoms with van der Waals surface area (Å²) in [6, 6.07) is 20.6. The van der Waals surface area contributed by atoms with E-state index in [0.29, 0.717) is 0 Å². The van der Waals surface area contributed by atoms with Crippen molar-refractivity contribution in [3.63, 3.8) is 0 Å². The number of rotatable bonds is 2. The normalized spacial score (nSPS) is 10.9. The first-order valence-corrected chi connectivity index (χ1v) is 8.16. The van der Waals surface area contributed by atoms with Crippen molar-refractivity contribution < 1.29 is 0 Å². The molecule has 0 aliphatic rings. The number of aromatic nitrogens is 2. The van der Waals surface area contributed by atoms with E-state index in [1.165, 1.54) is 21.9 Å². The summed E-state index contributed by atoms with van der Waals surface area (Å²) in [7, 11) is 0. The second-order valence-electron chi connectivity index (χ2n) is 5.83. The monoisotopic (exact) mass is 330 g/mol. The highest BCUT2D eigenvalue weighted by molar-refractivity contribution is 6.30.